The summed E-state index contributed by atoms with van der Waals surface area (Å²) in [7, 11) is 0. The van der Waals surface area contributed by atoms with Crippen molar-refractivity contribution in [3.8, 4) is 5.75 Å². The summed E-state index contributed by atoms with van der Waals surface area (Å²) in [6.07, 6.45) is -2.98. The van der Waals surface area contributed by atoms with Gasteiger partial charge >= 0.3 is 6.18 Å². The van der Waals surface area contributed by atoms with Crippen molar-refractivity contribution in [2.75, 3.05) is 5.32 Å². The SMILES string of the molecule is Cc1c(O)cccc1NC(=O)C1CCCCC1C(F)(F)F. The third-order valence-electron chi connectivity index (χ3n) is 4.09. The maximum Gasteiger partial charge on any atom is 0.392 e. The second-order valence-corrected chi connectivity index (χ2v) is 5.48. The summed E-state index contributed by atoms with van der Waals surface area (Å²) in [5.74, 6) is -3.25. The highest BCUT2D eigenvalue weighted by atomic mass is 19.4. The van der Waals surface area contributed by atoms with Gasteiger partial charge in [0.15, 0.2) is 0 Å². The van der Waals surface area contributed by atoms with Crippen LogP contribution in [0, 0.1) is 18.8 Å². The molecule has 2 atom stereocenters. The van der Waals surface area contributed by atoms with Crippen LogP contribution in [0.4, 0.5) is 18.9 Å². The van der Waals surface area contributed by atoms with E-state index in [0.29, 0.717) is 24.1 Å². The molecule has 6 heteroatoms. The summed E-state index contributed by atoms with van der Waals surface area (Å²) in [5.41, 5.74) is 0.803. The van der Waals surface area contributed by atoms with Gasteiger partial charge in [0.2, 0.25) is 5.91 Å². The van der Waals surface area contributed by atoms with E-state index >= 15 is 0 Å². The summed E-state index contributed by atoms with van der Waals surface area (Å²) < 4.78 is 39.0. The number of benzene rings is 1. The second-order valence-electron chi connectivity index (χ2n) is 5.48. The van der Waals surface area contributed by atoms with Gasteiger partial charge in [-0.3, -0.25) is 4.79 Å². The Balaban J connectivity index is 2.16. The summed E-state index contributed by atoms with van der Waals surface area (Å²) in [6, 6.07) is 4.57. The van der Waals surface area contributed by atoms with Gasteiger partial charge in [0.1, 0.15) is 5.75 Å². The van der Waals surface area contributed by atoms with E-state index in [2.05, 4.69) is 5.32 Å². The van der Waals surface area contributed by atoms with E-state index in [4.69, 9.17) is 0 Å². The van der Waals surface area contributed by atoms with Crippen molar-refractivity contribution >= 4 is 11.6 Å². The molecule has 0 heterocycles. The maximum absolute atomic E-state index is 13.0. The molecule has 2 rings (SSSR count). The molecule has 0 radical (unpaired) electrons. The zero-order valence-corrected chi connectivity index (χ0v) is 11.7. The fourth-order valence-corrected chi connectivity index (χ4v) is 2.82. The van der Waals surface area contributed by atoms with Crippen LogP contribution in [0.2, 0.25) is 0 Å². The highest BCUT2D eigenvalue weighted by molar-refractivity contribution is 5.93. The molecule has 116 valence electrons. The van der Waals surface area contributed by atoms with Crippen molar-refractivity contribution in [3.05, 3.63) is 23.8 Å². The van der Waals surface area contributed by atoms with Crippen molar-refractivity contribution < 1.29 is 23.1 Å². The number of rotatable bonds is 2. The monoisotopic (exact) mass is 301 g/mol. The Morgan fingerprint density at radius 2 is 1.95 bits per heavy atom. The number of hydrogen-bond donors (Lipinski definition) is 2. The molecule has 1 aliphatic carbocycles. The van der Waals surface area contributed by atoms with Crippen LogP contribution >= 0.6 is 0 Å². The largest absolute Gasteiger partial charge is 0.508 e. The van der Waals surface area contributed by atoms with Crippen LogP contribution in [-0.4, -0.2) is 17.2 Å². The van der Waals surface area contributed by atoms with Crippen LogP contribution in [0.5, 0.6) is 5.75 Å². The lowest BCUT2D eigenvalue weighted by molar-refractivity contribution is -0.197. The Kier molecular flexibility index (Phi) is 4.44. The molecule has 2 unspecified atom stereocenters. The number of carbonyl (C=O) groups excluding carboxylic acids is 1. The first kappa shape index (κ1) is 15.7. The van der Waals surface area contributed by atoms with E-state index in [-0.39, 0.29) is 18.6 Å². The van der Waals surface area contributed by atoms with Gasteiger partial charge in [-0.25, -0.2) is 0 Å². The van der Waals surface area contributed by atoms with Gasteiger partial charge < -0.3 is 10.4 Å². The van der Waals surface area contributed by atoms with Crippen LogP contribution in [0.25, 0.3) is 0 Å². The highest BCUT2D eigenvalue weighted by Gasteiger charge is 2.48. The lowest BCUT2D eigenvalue weighted by Crippen LogP contribution is -2.39. The number of alkyl halides is 3. The first-order chi connectivity index (χ1) is 9.80. The minimum Gasteiger partial charge on any atom is -0.508 e. The smallest absolute Gasteiger partial charge is 0.392 e. The lowest BCUT2D eigenvalue weighted by atomic mass is 9.78. The third kappa shape index (κ3) is 3.49. The van der Waals surface area contributed by atoms with Crippen LogP contribution in [0.15, 0.2) is 18.2 Å². The predicted octanol–water partition coefficient (Wildman–Crippen LogP) is 4.01. The Hall–Kier alpha value is -1.72. The molecule has 0 spiro atoms. The van der Waals surface area contributed by atoms with E-state index < -0.39 is 23.9 Å². The Labute approximate surface area is 121 Å². The van der Waals surface area contributed by atoms with Gasteiger partial charge in [-0.15, -0.1) is 0 Å². The number of phenolic OH excluding ortho intramolecular Hbond substituents is 1. The fraction of sp³-hybridized carbons (Fsp3) is 0.533. The van der Waals surface area contributed by atoms with Crippen LogP contribution in [0.3, 0.4) is 0 Å². The molecular formula is C15H18F3NO2. The molecule has 1 amide bonds. The van der Waals surface area contributed by atoms with E-state index in [1.807, 2.05) is 0 Å². The lowest BCUT2D eigenvalue weighted by Gasteiger charge is -2.32. The molecule has 0 aliphatic heterocycles. The van der Waals surface area contributed by atoms with Crippen molar-refractivity contribution in [2.45, 2.75) is 38.8 Å². The minimum absolute atomic E-state index is 0.000604. The van der Waals surface area contributed by atoms with Crippen LogP contribution in [0.1, 0.15) is 31.2 Å². The van der Waals surface area contributed by atoms with Gasteiger partial charge in [-0.05, 0) is 31.9 Å². The molecule has 0 aromatic heterocycles. The number of amides is 1. The van der Waals surface area contributed by atoms with Gasteiger partial charge in [0, 0.05) is 17.2 Å². The van der Waals surface area contributed by atoms with Crippen molar-refractivity contribution in [1.29, 1.82) is 0 Å². The van der Waals surface area contributed by atoms with E-state index in [0.717, 1.165) is 0 Å². The first-order valence-electron chi connectivity index (χ1n) is 6.97. The molecule has 1 aromatic rings. The first-order valence-corrected chi connectivity index (χ1v) is 6.97. The Bertz CT molecular complexity index is 528. The second kappa shape index (κ2) is 5.95. The standard InChI is InChI=1S/C15H18F3NO2/c1-9-12(7-4-8-13(9)20)19-14(21)10-5-2-3-6-11(10)15(16,17)18/h4,7-8,10-11,20H,2-3,5-6H2,1H3,(H,19,21). The number of hydrogen-bond acceptors (Lipinski definition) is 2. The molecule has 1 aromatic carbocycles. The maximum atomic E-state index is 13.0. The molecule has 0 bridgehead atoms. The van der Waals surface area contributed by atoms with E-state index in [9.17, 15) is 23.1 Å². The van der Waals surface area contributed by atoms with Crippen molar-refractivity contribution in [2.24, 2.45) is 11.8 Å². The quantitative estimate of drug-likeness (QED) is 0.867. The number of anilines is 1. The number of halogens is 3. The minimum atomic E-state index is -4.35. The van der Waals surface area contributed by atoms with Crippen molar-refractivity contribution in [1.82, 2.24) is 0 Å². The fourth-order valence-electron chi connectivity index (χ4n) is 2.82. The molecule has 2 N–H and O–H groups in total. The van der Waals surface area contributed by atoms with Crippen molar-refractivity contribution in [3.63, 3.8) is 0 Å². The molecule has 0 saturated heterocycles. The molecular weight excluding hydrogens is 283 g/mol. The van der Waals surface area contributed by atoms with Crippen LogP contribution in [-0.2, 0) is 4.79 Å². The zero-order valence-electron chi connectivity index (χ0n) is 11.7. The predicted molar refractivity (Wildman–Crippen MR) is 73.0 cm³/mol. The number of carbonyl (C=O) groups is 1. The Morgan fingerprint density at radius 1 is 1.29 bits per heavy atom. The molecule has 1 aliphatic rings. The number of nitrogens with one attached hydrogen (secondary N) is 1. The normalized spacial score (nSPS) is 22.9. The van der Waals surface area contributed by atoms with E-state index in [1.165, 1.54) is 6.07 Å². The average molecular weight is 301 g/mol. The zero-order chi connectivity index (χ0) is 15.6. The van der Waals surface area contributed by atoms with Gasteiger partial charge in [0.25, 0.3) is 0 Å². The van der Waals surface area contributed by atoms with Crippen LogP contribution < -0.4 is 5.32 Å². The summed E-state index contributed by atoms with van der Waals surface area (Å²) >= 11 is 0. The summed E-state index contributed by atoms with van der Waals surface area (Å²) in [5, 5.41) is 12.1. The summed E-state index contributed by atoms with van der Waals surface area (Å²) in [6.45, 7) is 1.60. The highest BCUT2D eigenvalue weighted by Crippen LogP contribution is 2.42. The number of phenols is 1. The summed E-state index contributed by atoms with van der Waals surface area (Å²) in [4.78, 5) is 12.2. The molecule has 1 fully saturated rings. The topological polar surface area (TPSA) is 49.3 Å². The Morgan fingerprint density at radius 3 is 2.62 bits per heavy atom. The van der Waals surface area contributed by atoms with Gasteiger partial charge in [-0.2, -0.15) is 13.2 Å². The molecule has 3 nitrogen and oxygen atoms in total. The van der Waals surface area contributed by atoms with Gasteiger partial charge in [-0.1, -0.05) is 18.9 Å². The number of aromatic hydroxyl groups is 1. The molecule has 21 heavy (non-hydrogen) atoms. The van der Waals surface area contributed by atoms with Gasteiger partial charge in [0.05, 0.1) is 5.92 Å². The third-order valence-corrected chi connectivity index (χ3v) is 4.09. The average Bonchev–Trinajstić information content (AvgIpc) is 2.43. The van der Waals surface area contributed by atoms with E-state index in [1.54, 1.807) is 19.1 Å². The molecule has 1 saturated carbocycles.